The van der Waals surface area contributed by atoms with E-state index in [1.54, 1.807) is 11.0 Å². The van der Waals surface area contributed by atoms with Gasteiger partial charge in [0.2, 0.25) is 0 Å². The van der Waals surface area contributed by atoms with Crippen molar-refractivity contribution in [3.05, 3.63) is 29.6 Å². The summed E-state index contributed by atoms with van der Waals surface area (Å²) in [7, 11) is 0. The van der Waals surface area contributed by atoms with Crippen LogP contribution in [0.5, 0.6) is 0 Å². The number of nitrogens with zero attached hydrogens (tertiary/aromatic N) is 4. The fraction of sp³-hybridized carbons (Fsp3) is 0.550. The number of aromatic nitrogens is 3. The number of ether oxygens (including phenoxy) is 1. The van der Waals surface area contributed by atoms with Crippen LogP contribution in [0.1, 0.15) is 44.9 Å². The van der Waals surface area contributed by atoms with Gasteiger partial charge in [-0.2, -0.15) is 18.3 Å². The molecule has 2 N–H and O–H groups in total. The second-order valence-electron chi connectivity index (χ2n) is 8.97. The lowest BCUT2D eigenvalue weighted by Gasteiger charge is -2.26. The molecule has 0 unspecified atom stereocenters. The molecule has 0 bridgehead atoms. The minimum absolute atomic E-state index is 0.260. The Morgan fingerprint density at radius 3 is 2.57 bits per heavy atom. The van der Waals surface area contributed by atoms with Gasteiger partial charge in [0.05, 0.1) is 11.3 Å². The number of carbonyl (C=O) groups excluding carboxylic acids is 1. The minimum atomic E-state index is -4.59. The fourth-order valence-corrected chi connectivity index (χ4v) is 4.21. The number of pyridine rings is 1. The topological polar surface area (TPSA) is 86.3 Å². The van der Waals surface area contributed by atoms with Crippen molar-refractivity contribution in [3.63, 3.8) is 0 Å². The molecule has 0 saturated carbocycles. The minimum Gasteiger partial charge on any atom is -0.444 e. The average Bonchev–Trinajstić information content (AvgIpc) is 3.30. The quantitative estimate of drug-likeness (QED) is 0.754. The van der Waals surface area contributed by atoms with Crippen LogP contribution in [-0.2, 0) is 22.9 Å². The molecule has 10 heteroatoms. The molecule has 4 rings (SSSR count). The molecule has 7 nitrogen and oxygen atoms in total. The predicted molar refractivity (Wildman–Crippen MR) is 104 cm³/mol. The van der Waals surface area contributed by atoms with Gasteiger partial charge in [-0.25, -0.2) is 9.78 Å². The number of hydrogen-bond donors (Lipinski definition) is 1. The summed E-state index contributed by atoms with van der Waals surface area (Å²) in [6.45, 7) is 7.18. The molecule has 1 atom stereocenters. The number of amides is 1. The number of halogens is 3. The number of anilines is 1. The van der Waals surface area contributed by atoms with Gasteiger partial charge in [-0.1, -0.05) is 0 Å². The summed E-state index contributed by atoms with van der Waals surface area (Å²) in [5.74, 6) is -0.557. The highest BCUT2D eigenvalue weighted by Crippen LogP contribution is 2.44. The molecular formula is C20H24F3N5O2. The summed E-state index contributed by atoms with van der Waals surface area (Å²) < 4.78 is 46.9. The van der Waals surface area contributed by atoms with Crippen molar-refractivity contribution in [2.45, 2.75) is 57.3 Å². The van der Waals surface area contributed by atoms with E-state index in [1.807, 2.05) is 25.5 Å². The molecule has 0 aromatic carbocycles. The Morgan fingerprint density at radius 1 is 1.20 bits per heavy atom. The van der Waals surface area contributed by atoms with Crippen molar-refractivity contribution in [2.24, 2.45) is 0 Å². The Morgan fingerprint density at radius 2 is 1.90 bits per heavy atom. The van der Waals surface area contributed by atoms with E-state index in [4.69, 9.17) is 10.5 Å². The first-order valence-electron chi connectivity index (χ1n) is 9.77. The van der Waals surface area contributed by atoms with Crippen molar-refractivity contribution in [1.82, 2.24) is 19.7 Å². The maximum Gasteiger partial charge on any atom is 0.419 e. The smallest absolute Gasteiger partial charge is 0.419 e. The third-order valence-corrected chi connectivity index (χ3v) is 5.65. The van der Waals surface area contributed by atoms with Gasteiger partial charge in [-0.15, -0.1) is 0 Å². The average molecular weight is 423 g/mol. The SMILES string of the molecule is CC(C)(C)OC(=O)N1CC[C@]2(CCn3nc(-c4cnc(N)c(C(F)(F)F)c4)cc32)C1. The number of fused-ring (bicyclic) bond motifs is 2. The van der Waals surface area contributed by atoms with Crippen LogP contribution in [0, 0.1) is 0 Å². The van der Waals surface area contributed by atoms with Gasteiger partial charge < -0.3 is 15.4 Å². The van der Waals surface area contributed by atoms with Crippen LogP contribution in [0.4, 0.5) is 23.8 Å². The molecule has 2 aliphatic heterocycles. The number of nitrogen functional groups attached to an aromatic ring is 1. The molecule has 1 spiro atoms. The zero-order valence-electron chi connectivity index (χ0n) is 17.1. The molecule has 4 heterocycles. The first kappa shape index (κ1) is 20.5. The van der Waals surface area contributed by atoms with Crippen molar-refractivity contribution in [2.75, 3.05) is 18.8 Å². The summed E-state index contributed by atoms with van der Waals surface area (Å²) >= 11 is 0. The van der Waals surface area contributed by atoms with E-state index in [-0.39, 0.29) is 17.1 Å². The van der Waals surface area contributed by atoms with Gasteiger partial charge in [0.25, 0.3) is 0 Å². The third-order valence-electron chi connectivity index (χ3n) is 5.65. The van der Waals surface area contributed by atoms with Gasteiger partial charge >= 0.3 is 12.3 Å². The van der Waals surface area contributed by atoms with Gasteiger partial charge in [-0.3, -0.25) is 4.68 Å². The zero-order valence-corrected chi connectivity index (χ0v) is 17.1. The number of alkyl halides is 3. The van der Waals surface area contributed by atoms with Crippen molar-refractivity contribution < 1.29 is 22.7 Å². The molecule has 0 radical (unpaired) electrons. The standard InChI is InChI=1S/C20H24F3N5O2/c1-18(2,3)30-17(29)27-6-4-19(11-27)5-7-28-15(19)9-14(26-28)12-8-13(20(21,22)23)16(24)25-10-12/h8-10H,4-7,11H2,1-3H3,(H2,24,25)/t19-/m0/s1. The Balaban J connectivity index is 1.60. The number of nitrogens with two attached hydrogens (primary N) is 1. The summed E-state index contributed by atoms with van der Waals surface area (Å²) in [6.07, 6.45) is -2.06. The van der Waals surface area contributed by atoms with E-state index in [2.05, 4.69) is 10.1 Å². The van der Waals surface area contributed by atoms with E-state index in [0.29, 0.717) is 25.3 Å². The molecule has 30 heavy (non-hydrogen) atoms. The molecular weight excluding hydrogens is 399 g/mol. The molecule has 1 saturated heterocycles. The lowest BCUT2D eigenvalue weighted by Crippen LogP contribution is -2.37. The van der Waals surface area contributed by atoms with Crippen LogP contribution < -0.4 is 5.73 Å². The molecule has 1 fully saturated rings. The number of carbonyl (C=O) groups is 1. The van der Waals surface area contributed by atoms with E-state index in [0.717, 1.165) is 24.6 Å². The van der Waals surface area contributed by atoms with Gasteiger partial charge in [0.15, 0.2) is 0 Å². The van der Waals surface area contributed by atoms with Crippen molar-refractivity contribution in [3.8, 4) is 11.3 Å². The second kappa shape index (κ2) is 6.61. The Labute approximate surface area is 172 Å². The van der Waals surface area contributed by atoms with Crippen LogP contribution in [0.3, 0.4) is 0 Å². The number of likely N-dealkylation sites (tertiary alicyclic amines) is 1. The van der Waals surface area contributed by atoms with Gasteiger partial charge in [-0.05, 0) is 45.7 Å². The van der Waals surface area contributed by atoms with Crippen LogP contribution in [-0.4, -0.2) is 44.4 Å². The highest BCUT2D eigenvalue weighted by atomic mass is 19.4. The first-order chi connectivity index (χ1) is 13.9. The highest BCUT2D eigenvalue weighted by molar-refractivity contribution is 5.69. The van der Waals surface area contributed by atoms with Crippen LogP contribution in [0.2, 0.25) is 0 Å². The number of rotatable bonds is 1. The van der Waals surface area contributed by atoms with E-state index in [9.17, 15) is 18.0 Å². The molecule has 0 aliphatic carbocycles. The third kappa shape index (κ3) is 3.59. The first-order valence-corrected chi connectivity index (χ1v) is 9.77. The van der Waals surface area contributed by atoms with Crippen molar-refractivity contribution in [1.29, 1.82) is 0 Å². The van der Waals surface area contributed by atoms with E-state index < -0.39 is 23.2 Å². The van der Waals surface area contributed by atoms with E-state index >= 15 is 0 Å². The van der Waals surface area contributed by atoms with Crippen LogP contribution in [0.15, 0.2) is 18.3 Å². The van der Waals surface area contributed by atoms with E-state index in [1.165, 1.54) is 6.20 Å². The highest BCUT2D eigenvalue weighted by Gasteiger charge is 2.47. The normalized spacial score (nSPS) is 21.3. The van der Waals surface area contributed by atoms with Gasteiger partial charge in [0, 0.05) is 42.5 Å². The second-order valence-corrected chi connectivity index (χ2v) is 8.97. The Kier molecular flexibility index (Phi) is 4.52. The zero-order chi connectivity index (χ0) is 21.9. The molecule has 162 valence electrons. The summed E-state index contributed by atoms with van der Waals surface area (Å²) in [4.78, 5) is 17.9. The van der Waals surface area contributed by atoms with Crippen LogP contribution >= 0.6 is 0 Å². The summed E-state index contributed by atoms with van der Waals surface area (Å²) in [6, 6.07) is 2.79. The van der Waals surface area contributed by atoms with Crippen LogP contribution in [0.25, 0.3) is 11.3 Å². The summed E-state index contributed by atoms with van der Waals surface area (Å²) in [5, 5.41) is 4.50. The van der Waals surface area contributed by atoms with Crippen molar-refractivity contribution >= 4 is 11.9 Å². The molecule has 2 aromatic heterocycles. The number of aryl methyl sites for hydroxylation is 1. The molecule has 2 aliphatic rings. The largest absolute Gasteiger partial charge is 0.444 e. The predicted octanol–water partition coefficient (Wildman–Crippen LogP) is 3.83. The number of hydrogen-bond acceptors (Lipinski definition) is 5. The molecule has 1 amide bonds. The maximum absolute atomic E-state index is 13.2. The Bertz CT molecular complexity index is 995. The lowest BCUT2D eigenvalue weighted by atomic mass is 9.82. The lowest BCUT2D eigenvalue weighted by molar-refractivity contribution is -0.137. The van der Waals surface area contributed by atoms with Gasteiger partial charge in [0.1, 0.15) is 11.4 Å². The molecule has 2 aromatic rings. The monoisotopic (exact) mass is 423 g/mol. The fourth-order valence-electron chi connectivity index (χ4n) is 4.21. The maximum atomic E-state index is 13.2. The Hall–Kier alpha value is -2.78. The summed E-state index contributed by atoms with van der Waals surface area (Å²) in [5.41, 5.74) is 5.19.